The van der Waals surface area contributed by atoms with E-state index in [2.05, 4.69) is 22.1 Å². The Morgan fingerprint density at radius 2 is 1.76 bits per heavy atom. The van der Waals surface area contributed by atoms with E-state index in [0.717, 1.165) is 46.1 Å². The van der Waals surface area contributed by atoms with E-state index in [-0.39, 0.29) is 11.9 Å². The van der Waals surface area contributed by atoms with Crippen LogP contribution in [0, 0.1) is 0 Å². The van der Waals surface area contributed by atoms with Crippen molar-refractivity contribution in [3.05, 3.63) is 95.2 Å². The van der Waals surface area contributed by atoms with E-state index >= 15 is 0 Å². The fourth-order valence-electron chi connectivity index (χ4n) is 4.51. The molecule has 0 saturated heterocycles. The zero-order chi connectivity index (χ0) is 23.7. The SMILES string of the molecule is CCOc1ccc([C@@H]2C(C(=O)Nc3ccc(CC)cc3)=C(C)Nc3nc4ccccc4n32)cc1. The predicted molar refractivity (Wildman–Crippen MR) is 136 cm³/mol. The minimum atomic E-state index is -0.339. The standard InChI is InChI=1S/C28H28N4O2/c1-4-19-10-14-21(15-11-19)30-27(33)25-18(3)29-28-31-23-8-6-7-9-24(23)32(28)26(25)20-12-16-22(17-13-20)34-5-2/h6-17,26H,4-5H2,1-3H3,(H,29,31)(H,30,33)/t26-/m1/s1. The monoisotopic (exact) mass is 452 g/mol. The summed E-state index contributed by atoms with van der Waals surface area (Å²) < 4.78 is 7.75. The molecule has 0 unspecified atom stereocenters. The molecule has 1 amide bonds. The van der Waals surface area contributed by atoms with E-state index in [1.165, 1.54) is 5.56 Å². The van der Waals surface area contributed by atoms with E-state index in [9.17, 15) is 4.79 Å². The van der Waals surface area contributed by atoms with Crippen LogP contribution in [-0.4, -0.2) is 22.1 Å². The number of ether oxygens (including phenoxy) is 1. The second kappa shape index (κ2) is 9.06. The molecule has 1 aliphatic rings. The third kappa shape index (κ3) is 3.92. The van der Waals surface area contributed by atoms with E-state index < -0.39 is 0 Å². The molecule has 1 aliphatic heterocycles. The number of hydrogen-bond donors (Lipinski definition) is 2. The maximum absolute atomic E-state index is 13.7. The van der Waals surface area contributed by atoms with Crippen molar-refractivity contribution in [2.75, 3.05) is 17.2 Å². The highest BCUT2D eigenvalue weighted by Crippen LogP contribution is 2.39. The number of nitrogens with one attached hydrogen (secondary N) is 2. The number of aryl methyl sites for hydroxylation is 1. The van der Waals surface area contributed by atoms with Crippen molar-refractivity contribution in [2.24, 2.45) is 0 Å². The largest absolute Gasteiger partial charge is 0.494 e. The van der Waals surface area contributed by atoms with Gasteiger partial charge in [-0.25, -0.2) is 4.98 Å². The molecule has 0 radical (unpaired) electrons. The van der Waals surface area contributed by atoms with Crippen LogP contribution in [0.2, 0.25) is 0 Å². The lowest BCUT2D eigenvalue weighted by Gasteiger charge is -2.31. The van der Waals surface area contributed by atoms with Gasteiger partial charge in [-0.15, -0.1) is 0 Å². The van der Waals surface area contributed by atoms with E-state index in [1.54, 1.807) is 0 Å². The molecule has 5 rings (SSSR count). The molecule has 0 fully saturated rings. The molecule has 0 spiro atoms. The Morgan fingerprint density at radius 3 is 2.47 bits per heavy atom. The molecule has 0 bridgehead atoms. The van der Waals surface area contributed by atoms with Crippen LogP contribution in [0.5, 0.6) is 5.75 Å². The molecule has 0 aliphatic carbocycles. The number of aromatic nitrogens is 2. The Bertz CT molecular complexity index is 1370. The molecular weight excluding hydrogens is 424 g/mol. The number of benzene rings is 3. The number of carbonyl (C=O) groups is 1. The summed E-state index contributed by atoms with van der Waals surface area (Å²) in [6.07, 6.45) is 0.957. The normalized spacial score (nSPS) is 15.1. The third-order valence-corrected chi connectivity index (χ3v) is 6.20. The van der Waals surface area contributed by atoms with Crippen LogP contribution < -0.4 is 15.4 Å². The summed E-state index contributed by atoms with van der Waals surface area (Å²) in [5, 5.41) is 6.46. The molecular formula is C28H28N4O2. The van der Waals surface area contributed by atoms with Gasteiger partial charge in [0.1, 0.15) is 5.75 Å². The number of hydrogen-bond acceptors (Lipinski definition) is 4. The number of rotatable bonds is 6. The number of allylic oxidation sites excluding steroid dienone is 1. The highest BCUT2D eigenvalue weighted by molar-refractivity contribution is 6.06. The number of imidazole rings is 1. The number of anilines is 2. The summed E-state index contributed by atoms with van der Waals surface area (Å²) in [4.78, 5) is 18.5. The second-order valence-corrected chi connectivity index (χ2v) is 8.37. The van der Waals surface area contributed by atoms with Gasteiger partial charge in [-0.2, -0.15) is 0 Å². The molecule has 4 aromatic rings. The van der Waals surface area contributed by atoms with Crippen molar-refractivity contribution in [1.82, 2.24) is 9.55 Å². The van der Waals surface area contributed by atoms with Gasteiger partial charge in [0.25, 0.3) is 5.91 Å². The summed E-state index contributed by atoms with van der Waals surface area (Å²) in [6.45, 7) is 6.61. The molecule has 3 aromatic carbocycles. The maximum Gasteiger partial charge on any atom is 0.255 e. The van der Waals surface area contributed by atoms with Crippen molar-refractivity contribution in [1.29, 1.82) is 0 Å². The van der Waals surface area contributed by atoms with Crippen LogP contribution in [0.25, 0.3) is 11.0 Å². The van der Waals surface area contributed by atoms with Gasteiger partial charge in [0.05, 0.1) is 29.3 Å². The van der Waals surface area contributed by atoms with Crippen molar-refractivity contribution in [2.45, 2.75) is 33.2 Å². The van der Waals surface area contributed by atoms with Crippen LogP contribution in [0.15, 0.2) is 84.1 Å². The van der Waals surface area contributed by atoms with Gasteiger partial charge in [-0.05, 0) is 67.8 Å². The summed E-state index contributed by atoms with van der Waals surface area (Å²) in [6, 6.07) is 23.6. The summed E-state index contributed by atoms with van der Waals surface area (Å²) >= 11 is 0. The van der Waals surface area contributed by atoms with Crippen LogP contribution in [0.4, 0.5) is 11.6 Å². The zero-order valence-electron chi connectivity index (χ0n) is 19.6. The number of para-hydroxylation sites is 2. The van der Waals surface area contributed by atoms with Crippen molar-refractivity contribution < 1.29 is 9.53 Å². The first kappa shape index (κ1) is 21.8. The molecule has 34 heavy (non-hydrogen) atoms. The molecule has 0 saturated carbocycles. The first-order valence-corrected chi connectivity index (χ1v) is 11.7. The van der Waals surface area contributed by atoms with E-state index in [1.807, 2.05) is 86.6 Å². The lowest BCUT2D eigenvalue weighted by molar-refractivity contribution is -0.113. The predicted octanol–water partition coefficient (Wildman–Crippen LogP) is 5.93. The first-order valence-electron chi connectivity index (χ1n) is 11.7. The van der Waals surface area contributed by atoms with Gasteiger partial charge >= 0.3 is 0 Å². The number of amides is 1. The molecule has 6 nitrogen and oxygen atoms in total. The number of carbonyl (C=O) groups excluding carboxylic acids is 1. The number of fused-ring (bicyclic) bond motifs is 3. The van der Waals surface area contributed by atoms with E-state index in [0.29, 0.717) is 12.2 Å². The minimum Gasteiger partial charge on any atom is -0.494 e. The fourth-order valence-corrected chi connectivity index (χ4v) is 4.51. The van der Waals surface area contributed by atoms with Gasteiger partial charge < -0.3 is 15.4 Å². The van der Waals surface area contributed by atoms with Crippen LogP contribution in [0.3, 0.4) is 0 Å². The Morgan fingerprint density at radius 1 is 1.03 bits per heavy atom. The zero-order valence-corrected chi connectivity index (χ0v) is 19.6. The van der Waals surface area contributed by atoms with Crippen molar-refractivity contribution >= 4 is 28.6 Å². The summed E-state index contributed by atoms with van der Waals surface area (Å²) in [5.74, 6) is 1.39. The Balaban J connectivity index is 1.60. The molecule has 1 aromatic heterocycles. The van der Waals surface area contributed by atoms with Gasteiger partial charge in [-0.1, -0.05) is 43.3 Å². The summed E-state index contributed by atoms with van der Waals surface area (Å²) in [7, 11) is 0. The fraction of sp³-hybridized carbons (Fsp3) is 0.214. The van der Waals surface area contributed by atoms with Gasteiger partial charge in [0.2, 0.25) is 5.95 Å². The minimum absolute atomic E-state index is 0.142. The van der Waals surface area contributed by atoms with Crippen LogP contribution in [-0.2, 0) is 11.2 Å². The topological polar surface area (TPSA) is 68.2 Å². The molecule has 1 atom stereocenters. The van der Waals surface area contributed by atoms with Gasteiger partial charge in [0.15, 0.2) is 0 Å². The first-order chi connectivity index (χ1) is 16.6. The smallest absolute Gasteiger partial charge is 0.255 e. The van der Waals surface area contributed by atoms with Gasteiger partial charge in [0, 0.05) is 11.4 Å². The summed E-state index contributed by atoms with van der Waals surface area (Å²) in [5.41, 5.74) is 6.27. The molecule has 6 heteroatoms. The van der Waals surface area contributed by atoms with Crippen LogP contribution >= 0.6 is 0 Å². The van der Waals surface area contributed by atoms with Crippen LogP contribution in [0.1, 0.15) is 37.9 Å². The lowest BCUT2D eigenvalue weighted by Crippen LogP contribution is -2.30. The second-order valence-electron chi connectivity index (χ2n) is 8.37. The number of nitrogens with zero attached hydrogens (tertiary/aromatic N) is 2. The average Bonchev–Trinajstić information content (AvgIpc) is 3.22. The highest BCUT2D eigenvalue weighted by atomic mass is 16.5. The molecule has 2 heterocycles. The Hall–Kier alpha value is -4.06. The highest BCUT2D eigenvalue weighted by Gasteiger charge is 2.34. The maximum atomic E-state index is 13.7. The lowest BCUT2D eigenvalue weighted by atomic mass is 9.94. The molecule has 172 valence electrons. The van der Waals surface area contributed by atoms with Crippen molar-refractivity contribution in [3.63, 3.8) is 0 Å². The average molecular weight is 453 g/mol. The van der Waals surface area contributed by atoms with Gasteiger partial charge in [-0.3, -0.25) is 9.36 Å². The third-order valence-electron chi connectivity index (χ3n) is 6.20. The Labute approximate surface area is 199 Å². The van der Waals surface area contributed by atoms with Crippen molar-refractivity contribution in [3.8, 4) is 5.75 Å². The Kier molecular flexibility index (Phi) is 5.80. The van der Waals surface area contributed by atoms with E-state index in [4.69, 9.17) is 9.72 Å². The quantitative estimate of drug-likeness (QED) is 0.381. The molecule has 2 N–H and O–H groups in total.